The van der Waals surface area contributed by atoms with Crippen LogP contribution in [0.2, 0.25) is 0 Å². The molecule has 1 unspecified atom stereocenters. The fourth-order valence-electron chi connectivity index (χ4n) is 2.37. The zero-order valence-electron chi connectivity index (χ0n) is 9.37. The van der Waals surface area contributed by atoms with Gasteiger partial charge < -0.3 is 10.8 Å². The van der Waals surface area contributed by atoms with Crippen molar-refractivity contribution in [3.63, 3.8) is 0 Å². The zero-order chi connectivity index (χ0) is 11.3. The lowest BCUT2D eigenvalue weighted by Crippen LogP contribution is -2.55. The maximum Gasteiger partial charge on any atom is 0.323 e. The predicted molar refractivity (Wildman–Crippen MR) is 64.1 cm³/mol. The third-order valence-corrected chi connectivity index (χ3v) is 4.06. The van der Waals surface area contributed by atoms with E-state index in [1.54, 1.807) is 11.8 Å². The Kier molecular flexibility index (Phi) is 4.93. The molecule has 1 rings (SSSR count). The molecular formula is C11H21NO2S. The van der Waals surface area contributed by atoms with Crippen LogP contribution in [0.5, 0.6) is 0 Å². The first-order valence-electron chi connectivity index (χ1n) is 5.62. The maximum absolute atomic E-state index is 11.3. The monoisotopic (exact) mass is 231 g/mol. The lowest BCUT2D eigenvalue weighted by molar-refractivity contribution is -0.146. The van der Waals surface area contributed by atoms with Gasteiger partial charge in [0.1, 0.15) is 5.54 Å². The molecule has 1 fully saturated rings. The van der Waals surface area contributed by atoms with Crippen LogP contribution in [0.4, 0.5) is 0 Å². The number of rotatable bonds is 5. The molecule has 3 N–H and O–H groups in total. The van der Waals surface area contributed by atoms with Gasteiger partial charge in [0, 0.05) is 0 Å². The Labute approximate surface area is 95.8 Å². The molecule has 88 valence electrons. The van der Waals surface area contributed by atoms with E-state index in [-0.39, 0.29) is 5.92 Å². The molecule has 1 aliphatic rings. The summed E-state index contributed by atoms with van der Waals surface area (Å²) in [5.74, 6) is 0.193. The molecule has 0 spiro atoms. The highest BCUT2D eigenvalue weighted by Gasteiger charge is 2.41. The topological polar surface area (TPSA) is 63.3 Å². The van der Waals surface area contributed by atoms with E-state index >= 15 is 0 Å². The SMILES string of the molecule is CSCCC(N)(C(=O)O)C1CCCCC1. The Hall–Kier alpha value is -0.220. The molecule has 4 heteroatoms. The average molecular weight is 231 g/mol. The van der Waals surface area contributed by atoms with Gasteiger partial charge in [0.2, 0.25) is 0 Å². The van der Waals surface area contributed by atoms with Crippen molar-refractivity contribution in [3.8, 4) is 0 Å². The summed E-state index contributed by atoms with van der Waals surface area (Å²) < 4.78 is 0. The van der Waals surface area contributed by atoms with Gasteiger partial charge >= 0.3 is 5.97 Å². The molecule has 0 amide bonds. The summed E-state index contributed by atoms with van der Waals surface area (Å²) in [5, 5.41) is 9.28. The van der Waals surface area contributed by atoms with Gasteiger partial charge in [-0.05, 0) is 37.2 Å². The van der Waals surface area contributed by atoms with Crippen molar-refractivity contribution in [3.05, 3.63) is 0 Å². The van der Waals surface area contributed by atoms with E-state index in [2.05, 4.69) is 0 Å². The van der Waals surface area contributed by atoms with Gasteiger partial charge in [0.15, 0.2) is 0 Å². The third-order valence-electron chi connectivity index (χ3n) is 3.45. The van der Waals surface area contributed by atoms with E-state index < -0.39 is 11.5 Å². The summed E-state index contributed by atoms with van der Waals surface area (Å²) in [6.45, 7) is 0. The molecule has 1 atom stereocenters. The highest BCUT2D eigenvalue weighted by molar-refractivity contribution is 7.98. The fourth-order valence-corrected chi connectivity index (χ4v) is 2.92. The van der Waals surface area contributed by atoms with E-state index in [1.807, 2.05) is 6.26 Å². The van der Waals surface area contributed by atoms with Crippen LogP contribution in [0.3, 0.4) is 0 Å². The van der Waals surface area contributed by atoms with Gasteiger partial charge in [0.25, 0.3) is 0 Å². The van der Waals surface area contributed by atoms with Crippen LogP contribution in [0, 0.1) is 5.92 Å². The highest BCUT2D eigenvalue weighted by atomic mass is 32.2. The van der Waals surface area contributed by atoms with Crippen molar-refractivity contribution in [2.75, 3.05) is 12.0 Å². The number of carboxylic acid groups (broad SMARTS) is 1. The largest absolute Gasteiger partial charge is 0.480 e. The summed E-state index contributed by atoms with van der Waals surface area (Å²) >= 11 is 1.67. The highest BCUT2D eigenvalue weighted by Crippen LogP contribution is 2.34. The molecule has 0 aliphatic heterocycles. The second-order valence-electron chi connectivity index (χ2n) is 4.42. The molecule has 0 aromatic heterocycles. The lowest BCUT2D eigenvalue weighted by atomic mass is 9.74. The molecule has 0 aromatic carbocycles. The summed E-state index contributed by atoms with van der Waals surface area (Å²) in [6, 6.07) is 0. The molecule has 15 heavy (non-hydrogen) atoms. The molecule has 3 nitrogen and oxygen atoms in total. The van der Waals surface area contributed by atoms with Gasteiger partial charge in [-0.25, -0.2) is 0 Å². The predicted octanol–water partition coefficient (Wildman–Crippen LogP) is 2.10. The van der Waals surface area contributed by atoms with E-state index in [4.69, 9.17) is 5.73 Å². The van der Waals surface area contributed by atoms with Crippen LogP contribution in [0.15, 0.2) is 0 Å². The average Bonchev–Trinajstić information content (AvgIpc) is 2.27. The summed E-state index contributed by atoms with van der Waals surface area (Å²) in [6.07, 6.45) is 8.05. The quantitative estimate of drug-likeness (QED) is 0.760. The van der Waals surface area contributed by atoms with Crippen molar-refractivity contribution in [1.82, 2.24) is 0 Å². The van der Waals surface area contributed by atoms with E-state index in [1.165, 1.54) is 6.42 Å². The van der Waals surface area contributed by atoms with Crippen molar-refractivity contribution in [2.24, 2.45) is 11.7 Å². The Morgan fingerprint density at radius 1 is 1.47 bits per heavy atom. The smallest absolute Gasteiger partial charge is 0.323 e. The zero-order valence-corrected chi connectivity index (χ0v) is 10.2. The Bertz CT molecular complexity index is 217. The molecule has 0 radical (unpaired) electrons. The minimum Gasteiger partial charge on any atom is -0.480 e. The Morgan fingerprint density at radius 3 is 2.53 bits per heavy atom. The van der Waals surface area contributed by atoms with Crippen LogP contribution >= 0.6 is 11.8 Å². The standard InChI is InChI=1S/C11H21NO2S/c1-15-8-7-11(12,10(13)14)9-5-3-2-4-6-9/h9H,2-8,12H2,1H3,(H,13,14). The Morgan fingerprint density at radius 2 is 2.07 bits per heavy atom. The van der Waals surface area contributed by atoms with Gasteiger partial charge in [-0.2, -0.15) is 11.8 Å². The number of hydrogen-bond acceptors (Lipinski definition) is 3. The van der Waals surface area contributed by atoms with Crippen LogP contribution in [-0.2, 0) is 4.79 Å². The fraction of sp³-hybridized carbons (Fsp3) is 0.909. The molecular weight excluding hydrogens is 210 g/mol. The van der Waals surface area contributed by atoms with Crippen LogP contribution < -0.4 is 5.73 Å². The number of thioether (sulfide) groups is 1. The van der Waals surface area contributed by atoms with Crippen LogP contribution in [0.1, 0.15) is 38.5 Å². The van der Waals surface area contributed by atoms with Crippen LogP contribution in [0.25, 0.3) is 0 Å². The molecule has 0 aromatic rings. The molecule has 0 saturated heterocycles. The number of aliphatic carboxylic acids is 1. The molecule has 0 heterocycles. The van der Waals surface area contributed by atoms with Gasteiger partial charge in [-0.15, -0.1) is 0 Å². The summed E-state index contributed by atoms with van der Waals surface area (Å²) in [7, 11) is 0. The van der Waals surface area contributed by atoms with E-state index in [9.17, 15) is 9.90 Å². The first-order chi connectivity index (χ1) is 7.11. The van der Waals surface area contributed by atoms with E-state index in [0.717, 1.165) is 31.4 Å². The van der Waals surface area contributed by atoms with Gasteiger partial charge in [0.05, 0.1) is 0 Å². The number of carboxylic acids is 1. The number of hydrogen-bond donors (Lipinski definition) is 2. The Balaban J connectivity index is 2.65. The summed E-state index contributed by atoms with van der Waals surface area (Å²) in [4.78, 5) is 11.3. The minimum atomic E-state index is -0.983. The van der Waals surface area contributed by atoms with Crippen molar-refractivity contribution < 1.29 is 9.90 Å². The van der Waals surface area contributed by atoms with E-state index in [0.29, 0.717) is 6.42 Å². The van der Waals surface area contributed by atoms with Crippen molar-refractivity contribution >= 4 is 17.7 Å². The first-order valence-corrected chi connectivity index (χ1v) is 7.02. The van der Waals surface area contributed by atoms with Gasteiger partial charge in [-0.3, -0.25) is 4.79 Å². The van der Waals surface area contributed by atoms with Crippen molar-refractivity contribution in [1.29, 1.82) is 0 Å². The molecule has 1 aliphatic carbocycles. The first kappa shape index (κ1) is 12.8. The van der Waals surface area contributed by atoms with Gasteiger partial charge in [-0.1, -0.05) is 19.3 Å². The maximum atomic E-state index is 11.3. The lowest BCUT2D eigenvalue weighted by Gasteiger charge is -2.36. The second-order valence-corrected chi connectivity index (χ2v) is 5.41. The summed E-state index contributed by atoms with van der Waals surface area (Å²) in [5.41, 5.74) is 5.11. The van der Waals surface area contributed by atoms with Crippen LogP contribution in [-0.4, -0.2) is 28.6 Å². The van der Waals surface area contributed by atoms with Crippen molar-refractivity contribution in [2.45, 2.75) is 44.1 Å². The molecule has 1 saturated carbocycles. The number of carbonyl (C=O) groups is 1. The third kappa shape index (κ3) is 3.11. The minimum absolute atomic E-state index is 0.177. The molecule has 0 bridgehead atoms. The normalized spacial score (nSPS) is 22.3. The second kappa shape index (κ2) is 5.75. The number of nitrogens with two attached hydrogens (primary N) is 1.